The van der Waals surface area contributed by atoms with Crippen LogP contribution in [-0.4, -0.2) is 29.4 Å². The van der Waals surface area contributed by atoms with Gasteiger partial charge >= 0.3 is 6.03 Å². The Balaban J connectivity index is 2.17. The highest BCUT2D eigenvalue weighted by atomic mass is 32.1. The molecule has 1 atom stereocenters. The molecular formula is C14H19N3O3S. The van der Waals surface area contributed by atoms with Crippen molar-refractivity contribution in [2.75, 3.05) is 11.9 Å². The predicted molar refractivity (Wildman–Crippen MR) is 80.3 cm³/mol. The summed E-state index contributed by atoms with van der Waals surface area (Å²) in [4.78, 5) is 12.7. The van der Waals surface area contributed by atoms with Gasteiger partial charge in [0.25, 0.3) is 0 Å². The predicted octanol–water partition coefficient (Wildman–Crippen LogP) is 1.97. The summed E-state index contributed by atoms with van der Waals surface area (Å²) in [7, 11) is 0. The number of amides is 2. The lowest BCUT2D eigenvalue weighted by atomic mass is 9.93. The first kappa shape index (κ1) is 15.8. The molecule has 0 aliphatic carbocycles. The van der Waals surface area contributed by atoms with Gasteiger partial charge in [0.2, 0.25) is 0 Å². The molecule has 2 heterocycles. The van der Waals surface area contributed by atoms with Crippen molar-refractivity contribution in [1.29, 1.82) is 5.26 Å². The molecule has 0 fully saturated rings. The van der Waals surface area contributed by atoms with Crippen LogP contribution in [-0.2, 0) is 17.8 Å². The van der Waals surface area contributed by atoms with Gasteiger partial charge in [0.1, 0.15) is 11.1 Å². The summed E-state index contributed by atoms with van der Waals surface area (Å²) in [6.45, 7) is 6.17. The lowest BCUT2D eigenvalue weighted by Gasteiger charge is -2.29. The summed E-state index contributed by atoms with van der Waals surface area (Å²) in [6.07, 6.45) is 0.0375. The minimum atomic E-state index is -0.614. The number of urea groups is 1. The Morgan fingerprint density at radius 3 is 2.95 bits per heavy atom. The summed E-state index contributed by atoms with van der Waals surface area (Å²) >= 11 is 1.37. The van der Waals surface area contributed by atoms with Gasteiger partial charge in [-0.2, -0.15) is 5.26 Å². The Hall–Kier alpha value is -1.62. The summed E-state index contributed by atoms with van der Waals surface area (Å²) in [5.74, 6) is 0. The molecule has 1 aliphatic rings. The van der Waals surface area contributed by atoms with E-state index in [1.807, 2.05) is 13.8 Å². The molecule has 0 unspecified atom stereocenters. The Morgan fingerprint density at radius 2 is 2.33 bits per heavy atom. The molecule has 3 N–H and O–H groups in total. The number of rotatable bonds is 3. The van der Waals surface area contributed by atoms with Gasteiger partial charge < -0.3 is 15.2 Å². The molecule has 1 aromatic rings. The molecule has 0 saturated heterocycles. The van der Waals surface area contributed by atoms with E-state index in [2.05, 4.69) is 16.7 Å². The topological polar surface area (TPSA) is 94.4 Å². The number of hydrogen-bond donors (Lipinski definition) is 3. The zero-order valence-electron chi connectivity index (χ0n) is 12.3. The molecule has 1 aliphatic heterocycles. The van der Waals surface area contributed by atoms with Crippen molar-refractivity contribution < 1.29 is 14.6 Å². The average molecular weight is 309 g/mol. The first-order valence-corrected chi connectivity index (χ1v) is 7.55. The van der Waals surface area contributed by atoms with E-state index in [1.165, 1.54) is 11.3 Å². The van der Waals surface area contributed by atoms with Crippen molar-refractivity contribution in [2.24, 2.45) is 0 Å². The number of hydrogen-bond acceptors (Lipinski definition) is 5. The molecule has 114 valence electrons. The SMILES string of the molecule is C[C@H](O)CNC(=O)Nc1sc2c(c1C#N)CC(C)(C)OC2. The van der Waals surface area contributed by atoms with Crippen LogP contribution < -0.4 is 10.6 Å². The van der Waals surface area contributed by atoms with Crippen molar-refractivity contribution in [1.82, 2.24) is 5.32 Å². The second-order valence-electron chi connectivity index (χ2n) is 5.73. The maximum absolute atomic E-state index is 11.8. The van der Waals surface area contributed by atoms with Crippen LogP contribution in [0.5, 0.6) is 0 Å². The molecule has 21 heavy (non-hydrogen) atoms. The minimum absolute atomic E-state index is 0.162. The molecule has 0 spiro atoms. The molecule has 2 rings (SSSR count). The van der Waals surface area contributed by atoms with E-state index in [1.54, 1.807) is 6.92 Å². The monoisotopic (exact) mass is 309 g/mol. The highest BCUT2D eigenvalue weighted by molar-refractivity contribution is 7.16. The van der Waals surface area contributed by atoms with Crippen molar-refractivity contribution in [3.05, 3.63) is 16.0 Å². The van der Waals surface area contributed by atoms with Gasteiger partial charge in [0.15, 0.2) is 0 Å². The maximum atomic E-state index is 11.8. The number of carbonyl (C=O) groups is 1. The van der Waals surface area contributed by atoms with E-state index in [4.69, 9.17) is 9.84 Å². The number of nitrogens with one attached hydrogen (secondary N) is 2. The van der Waals surface area contributed by atoms with Gasteiger partial charge in [0.05, 0.1) is 23.9 Å². The van der Waals surface area contributed by atoms with Crippen molar-refractivity contribution in [2.45, 2.75) is 45.5 Å². The molecule has 0 saturated carbocycles. The van der Waals surface area contributed by atoms with Gasteiger partial charge in [-0.15, -0.1) is 11.3 Å². The van der Waals surface area contributed by atoms with E-state index >= 15 is 0 Å². The number of aliphatic hydroxyl groups is 1. The van der Waals surface area contributed by atoms with Crippen LogP contribution in [0.2, 0.25) is 0 Å². The van der Waals surface area contributed by atoms with E-state index in [-0.39, 0.29) is 12.1 Å². The number of aliphatic hydroxyl groups excluding tert-OH is 1. The fourth-order valence-corrected chi connectivity index (χ4v) is 3.22. The smallest absolute Gasteiger partial charge is 0.319 e. The van der Waals surface area contributed by atoms with Crippen molar-refractivity contribution in [3.8, 4) is 6.07 Å². The number of thiophene rings is 1. The Morgan fingerprint density at radius 1 is 1.62 bits per heavy atom. The van der Waals surface area contributed by atoms with E-state index < -0.39 is 12.1 Å². The Kier molecular flexibility index (Phi) is 4.52. The van der Waals surface area contributed by atoms with Gasteiger partial charge in [-0.1, -0.05) is 0 Å². The zero-order valence-corrected chi connectivity index (χ0v) is 13.1. The number of ether oxygens (including phenoxy) is 1. The molecule has 6 nitrogen and oxygen atoms in total. The van der Waals surface area contributed by atoms with Crippen LogP contribution in [0.25, 0.3) is 0 Å². The average Bonchev–Trinajstić information content (AvgIpc) is 2.71. The fraction of sp³-hybridized carbons (Fsp3) is 0.571. The first-order valence-electron chi connectivity index (χ1n) is 6.74. The minimum Gasteiger partial charge on any atom is -0.392 e. The quantitative estimate of drug-likeness (QED) is 0.795. The third-order valence-electron chi connectivity index (χ3n) is 3.18. The maximum Gasteiger partial charge on any atom is 0.319 e. The second kappa shape index (κ2) is 6.02. The van der Waals surface area contributed by atoms with Crippen LogP contribution in [0.1, 0.15) is 36.8 Å². The molecule has 0 bridgehead atoms. The summed E-state index contributed by atoms with van der Waals surface area (Å²) < 4.78 is 5.73. The van der Waals surface area contributed by atoms with Crippen LogP contribution in [0, 0.1) is 11.3 Å². The normalized spacial score (nSPS) is 17.5. The first-order chi connectivity index (χ1) is 9.82. The standard InChI is InChI=1S/C14H19N3O3S/c1-8(18)6-16-13(19)17-12-10(5-15)9-4-14(2,3)20-7-11(9)21-12/h8,18H,4,6-7H2,1-3H3,(H2,16,17,19)/t8-/m0/s1. The van der Waals surface area contributed by atoms with Gasteiger partial charge in [-0.05, 0) is 26.3 Å². The summed E-state index contributed by atoms with van der Waals surface area (Å²) in [5.41, 5.74) is 1.18. The molecule has 2 amide bonds. The lowest BCUT2D eigenvalue weighted by molar-refractivity contribution is -0.0383. The molecule has 0 radical (unpaired) electrons. The summed E-state index contributed by atoms with van der Waals surface area (Å²) in [5, 5.41) is 24.3. The Labute approximate surface area is 127 Å². The number of carbonyl (C=O) groups excluding carboxylic acids is 1. The van der Waals surface area contributed by atoms with Gasteiger partial charge in [-0.25, -0.2) is 4.79 Å². The number of fused-ring (bicyclic) bond motifs is 1. The summed E-state index contributed by atoms with van der Waals surface area (Å²) in [6, 6.07) is 1.75. The second-order valence-corrected chi connectivity index (χ2v) is 6.83. The van der Waals surface area contributed by atoms with Gasteiger partial charge in [-0.3, -0.25) is 5.32 Å². The van der Waals surface area contributed by atoms with Gasteiger partial charge in [0, 0.05) is 17.8 Å². The largest absolute Gasteiger partial charge is 0.392 e. The number of nitrogens with zero attached hydrogens (tertiary/aromatic N) is 1. The number of anilines is 1. The van der Waals surface area contributed by atoms with E-state index in [9.17, 15) is 10.1 Å². The van der Waals surface area contributed by atoms with Crippen molar-refractivity contribution in [3.63, 3.8) is 0 Å². The Bertz CT molecular complexity index is 587. The van der Waals surface area contributed by atoms with Crippen molar-refractivity contribution >= 4 is 22.4 Å². The number of nitriles is 1. The highest BCUT2D eigenvalue weighted by Gasteiger charge is 2.31. The molecule has 0 aromatic carbocycles. The molecule has 7 heteroatoms. The van der Waals surface area contributed by atoms with Crippen LogP contribution in [0.15, 0.2) is 0 Å². The fourth-order valence-electron chi connectivity index (χ4n) is 2.15. The van der Waals surface area contributed by atoms with Crippen LogP contribution in [0.4, 0.5) is 9.80 Å². The van der Waals surface area contributed by atoms with Crippen LogP contribution >= 0.6 is 11.3 Å². The third kappa shape index (κ3) is 3.73. The molecular weight excluding hydrogens is 290 g/mol. The van der Waals surface area contributed by atoms with Crippen LogP contribution in [0.3, 0.4) is 0 Å². The van der Waals surface area contributed by atoms with E-state index in [0.717, 1.165) is 10.4 Å². The van der Waals surface area contributed by atoms with E-state index in [0.29, 0.717) is 23.6 Å². The third-order valence-corrected chi connectivity index (χ3v) is 4.31. The lowest BCUT2D eigenvalue weighted by Crippen LogP contribution is -2.34. The zero-order chi connectivity index (χ0) is 15.6. The molecule has 1 aromatic heterocycles. The highest BCUT2D eigenvalue weighted by Crippen LogP contribution is 2.39.